The lowest BCUT2D eigenvalue weighted by atomic mass is 10.1. The third kappa shape index (κ3) is 2.07. The van der Waals surface area contributed by atoms with Crippen molar-refractivity contribution in [1.82, 2.24) is 20.2 Å². The van der Waals surface area contributed by atoms with E-state index in [2.05, 4.69) is 20.7 Å². The Balaban J connectivity index is 2.55. The van der Waals surface area contributed by atoms with Crippen molar-refractivity contribution in [2.45, 2.75) is 0 Å². The SMILES string of the molecule is N#Cc1cc(/C(Cl)=N/O)ccc1-n1cnnn1. The van der Waals surface area contributed by atoms with Crippen molar-refractivity contribution in [2.75, 3.05) is 0 Å². The molecule has 0 saturated carbocycles. The number of benzene rings is 1. The Morgan fingerprint density at radius 3 is 2.94 bits per heavy atom. The van der Waals surface area contributed by atoms with E-state index in [0.717, 1.165) is 0 Å². The van der Waals surface area contributed by atoms with Gasteiger partial charge in [0.2, 0.25) is 0 Å². The van der Waals surface area contributed by atoms with Crippen LogP contribution in [0.25, 0.3) is 5.69 Å². The van der Waals surface area contributed by atoms with Crippen LogP contribution in [-0.4, -0.2) is 30.6 Å². The first-order chi connectivity index (χ1) is 8.26. The quantitative estimate of drug-likeness (QED) is 0.484. The average molecular weight is 249 g/mol. The molecule has 0 spiro atoms. The van der Waals surface area contributed by atoms with Crippen molar-refractivity contribution in [2.24, 2.45) is 5.16 Å². The summed E-state index contributed by atoms with van der Waals surface area (Å²) >= 11 is 5.64. The van der Waals surface area contributed by atoms with Gasteiger partial charge in [0.25, 0.3) is 0 Å². The number of hydrogen-bond donors (Lipinski definition) is 1. The van der Waals surface area contributed by atoms with Gasteiger partial charge in [-0.1, -0.05) is 16.8 Å². The fourth-order valence-electron chi connectivity index (χ4n) is 1.28. The topological polar surface area (TPSA) is 100.0 Å². The van der Waals surface area contributed by atoms with Crippen LogP contribution < -0.4 is 0 Å². The molecule has 1 aromatic heterocycles. The first-order valence-corrected chi connectivity index (χ1v) is 4.79. The fraction of sp³-hybridized carbons (Fsp3) is 0. The van der Waals surface area contributed by atoms with Gasteiger partial charge in [0.1, 0.15) is 12.4 Å². The van der Waals surface area contributed by atoms with E-state index in [1.807, 2.05) is 6.07 Å². The number of oxime groups is 1. The maximum Gasteiger partial charge on any atom is 0.175 e. The van der Waals surface area contributed by atoms with Crippen LogP contribution in [0.5, 0.6) is 0 Å². The molecular formula is C9H5ClN6O. The lowest BCUT2D eigenvalue weighted by molar-refractivity contribution is 0.321. The largest absolute Gasteiger partial charge is 0.410 e. The highest BCUT2D eigenvalue weighted by Gasteiger charge is 2.09. The van der Waals surface area contributed by atoms with E-state index in [4.69, 9.17) is 22.1 Å². The Kier molecular flexibility index (Phi) is 2.98. The van der Waals surface area contributed by atoms with E-state index in [-0.39, 0.29) is 5.17 Å². The molecule has 0 aliphatic carbocycles. The van der Waals surface area contributed by atoms with Gasteiger partial charge in [-0.3, -0.25) is 0 Å². The average Bonchev–Trinajstić information content (AvgIpc) is 2.90. The molecule has 17 heavy (non-hydrogen) atoms. The second-order valence-electron chi connectivity index (χ2n) is 2.99. The molecule has 2 rings (SSSR count). The summed E-state index contributed by atoms with van der Waals surface area (Å²) in [5.41, 5.74) is 1.27. The summed E-state index contributed by atoms with van der Waals surface area (Å²) in [6.07, 6.45) is 1.37. The van der Waals surface area contributed by atoms with Crippen LogP contribution in [-0.2, 0) is 0 Å². The molecular weight excluding hydrogens is 244 g/mol. The molecule has 7 nitrogen and oxygen atoms in total. The minimum absolute atomic E-state index is 0.0928. The predicted octanol–water partition coefficient (Wildman–Crippen LogP) is 0.909. The number of halogens is 1. The van der Waals surface area contributed by atoms with E-state index >= 15 is 0 Å². The van der Waals surface area contributed by atoms with Crippen LogP contribution in [0.3, 0.4) is 0 Å². The molecule has 0 saturated heterocycles. The summed E-state index contributed by atoms with van der Waals surface area (Å²) in [5.74, 6) is 0. The number of nitrogens with zero attached hydrogens (tertiary/aromatic N) is 6. The Morgan fingerprint density at radius 2 is 2.35 bits per heavy atom. The van der Waals surface area contributed by atoms with Crippen molar-refractivity contribution in [3.8, 4) is 11.8 Å². The Morgan fingerprint density at radius 1 is 1.53 bits per heavy atom. The van der Waals surface area contributed by atoms with Crippen molar-refractivity contribution >= 4 is 16.8 Å². The van der Waals surface area contributed by atoms with Crippen molar-refractivity contribution in [3.05, 3.63) is 35.7 Å². The third-order valence-corrected chi connectivity index (χ3v) is 2.33. The summed E-state index contributed by atoms with van der Waals surface area (Å²) in [6.45, 7) is 0. The number of nitriles is 1. The van der Waals surface area contributed by atoms with Crippen LogP contribution in [0, 0.1) is 11.3 Å². The lowest BCUT2D eigenvalue weighted by Gasteiger charge is -2.03. The maximum atomic E-state index is 9.02. The van der Waals surface area contributed by atoms with E-state index in [1.165, 1.54) is 17.1 Å². The molecule has 0 bridgehead atoms. The van der Waals surface area contributed by atoms with E-state index in [1.54, 1.807) is 12.1 Å². The molecule has 0 aliphatic heterocycles. The van der Waals surface area contributed by atoms with Crippen molar-refractivity contribution in [1.29, 1.82) is 5.26 Å². The molecule has 1 N–H and O–H groups in total. The zero-order chi connectivity index (χ0) is 12.3. The maximum absolute atomic E-state index is 9.02. The lowest BCUT2D eigenvalue weighted by Crippen LogP contribution is -2.01. The number of aromatic nitrogens is 4. The zero-order valence-electron chi connectivity index (χ0n) is 8.32. The molecule has 0 unspecified atom stereocenters. The van der Waals surface area contributed by atoms with Gasteiger partial charge in [-0.2, -0.15) is 9.94 Å². The minimum Gasteiger partial charge on any atom is -0.410 e. The van der Waals surface area contributed by atoms with Crippen LogP contribution in [0.15, 0.2) is 29.7 Å². The second-order valence-corrected chi connectivity index (χ2v) is 3.35. The van der Waals surface area contributed by atoms with Gasteiger partial charge in [-0.25, -0.2) is 0 Å². The normalized spacial score (nSPS) is 11.2. The first kappa shape index (κ1) is 11.0. The smallest absolute Gasteiger partial charge is 0.175 e. The highest BCUT2D eigenvalue weighted by molar-refractivity contribution is 6.69. The molecule has 0 radical (unpaired) electrons. The van der Waals surface area contributed by atoms with Crippen molar-refractivity contribution < 1.29 is 5.21 Å². The number of tetrazole rings is 1. The highest BCUT2D eigenvalue weighted by atomic mass is 35.5. The summed E-state index contributed by atoms with van der Waals surface area (Å²) in [6, 6.07) is 6.68. The van der Waals surface area contributed by atoms with Gasteiger partial charge >= 0.3 is 0 Å². The summed E-state index contributed by atoms with van der Waals surface area (Å²) < 4.78 is 1.35. The van der Waals surface area contributed by atoms with Gasteiger partial charge in [-0.05, 0) is 28.6 Å². The molecule has 0 atom stereocenters. The van der Waals surface area contributed by atoms with Crippen LogP contribution >= 0.6 is 11.6 Å². The Labute approximate surface area is 101 Å². The molecule has 0 aliphatic rings. The molecule has 2 aromatic rings. The zero-order valence-corrected chi connectivity index (χ0v) is 9.07. The summed E-state index contributed by atoms with van der Waals surface area (Å²) in [5, 5.41) is 31.0. The van der Waals surface area contributed by atoms with Crippen LogP contribution in [0.2, 0.25) is 0 Å². The van der Waals surface area contributed by atoms with Gasteiger partial charge in [0, 0.05) is 5.56 Å². The summed E-state index contributed by atoms with van der Waals surface area (Å²) in [7, 11) is 0. The van der Waals surface area contributed by atoms with Crippen molar-refractivity contribution in [3.63, 3.8) is 0 Å². The van der Waals surface area contributed by atoms with Gasteiger partial charge in [0.05, 0.1) is 11.3 Å². The van der Waals surface area contributed by atoms with Crippen LogP contribution in [0.1, 0.15) is 11.1 Å². The summed E-state index contributed by atoms with van der Waals surface area (Å²) in [4.78, 5) is 0. The number of hydrogen-bond acceptors (Lipinski definition) is 6. The van der Waals surface area contributed by atoms with Gasteiger partial charge in [0.15, 0.2) is 5.17 Å². The third-order valence-electron chi connectivity index (χ3n) is 2.04. The monoisotopic (exact) mass is 248 g/mol. The fourth-order valence-corrected chi connectivity index (χ4v) is 1.40. The van der Waals surface area contributed by atoms with E-state index in [9.17, 15) is 0 Å². The highest BCUT2D eigenvalue weighted by Crippen LogP contribution is 2.16. The number of rotatable bonds is 2. The molecule has 0 fully saturated rings. The predicted molar refractivity (Wildman–Crippen MR) is 58.0 cm³/mol. The Bertz CT molecular complexity index is 600. The van der Waals surface area contributed by atoms with Crippen LogP contribution in [0.4, 0.5) is 0 Å². The standard InChI is InChI=1S/C9H5ClN6O/c10-9(13-17)6-1-2-8(7(3-6)4-11)16-5-12-14-15-16/h1-3,5,17H/b13-9-. The minimum atomic E-state index is -0.0928. The molecule has 1 aromatic carbocycles. The first-order valence-electron chi connectivity index (χ1n) is 4.41. The molecule has 0 amide bonds. The molecule has 1 heterocycles. The molecule has 8 heteroatoms. The van der Waals surface area contributed by atoms with Gasteiger partial charge < -0.3 is 5.21 Å². The van der Waals surface area contributed by atoms with E-state index < -0.39 is 0 Å². The Hall–Kier alpha value is -2.46. The van der Waals surface area contributed by atoms with E-state index in [0.29, 0.717) is 16.8 Å². The molecule has 84 valence electrons. The second kappa shape index (κ2) is 4.59. The van der Waals surface area contributed by atoms with Gasteiger partial charge in [-0.15, -0.1) is 5.10 Å².